The van der Waals surface area contributed by atoms with Crippen LogP contribution in [0.2, 0.25) is 0 Å². The second kappa shape index (κ2) is 6.70. The molecule has 0 aromatic carbocycles. The number of nitrogens with zero attached hydrogens (tertiary/aromatic N) is 1. The van der Waals surface area contributed by atoms with Gasteiger partial charge in [-0.25, -0.2) is 0 Å². The molecular formula is C10H17ClN2O3. The van der Waals surface area contributed by atoms with Crippen molar-refractivity contribution in [3.63, 3.8) is 0 Å². The van der Waals surface area contributed by atoms with Crippen molar-refractivity contribution in [2.75, 3.05) is 32.7 Å². The van der Waals surface area contributed by atoms with Crippen LogP contribution in [-0.4, -0.2) is 55.4 Å². The monoisotopic (exact) mass is 248 g/mol. The summed E-state index contributed by atoms with van der Waals surface area (Å²) in [5, 5.41) is 2.87. The topological polar surface area (TPSA) is 58.6 Å². The second-order valence-electron chi connectivity index (χ2n) is 3.84. The smallest absolute Gasteiger partial charge is 0.239 e. The molecule has 2 amide bonds. The molecule has 0 saturated carbocycles. The van der Waals surface area contributed by atoms with Crippen LogP contribution in [0.3, 0.4) is 0 Å². The van der Waals surface area contributed by atoms with Crippen molar-refractivity contribution in [1.29, 1.82) is 0 Å². The number of ether oxygens (including phenoxy) is 1. The van der Waals surface area contributed by atoms with Gasteiger partial charge in [-0.1, -0.05) is 0 Å². The van der Waals surface area contributed by atoms with Crippen LogP contribution >= 0.6 is 11.6 Å². The Balaban J connectivity index is 2.26. The molecule has 16 heavy (non-hydrogen) atoms. The number of hydrogen-bond acceptors (Lipinski definition) is 3. The van der Waals surface area contributed by atoms with Crippen LogP contribution in [-0.2, 0) is 14.3 Å². The van der Waals surface area contributed by atoms with Gasteiger partial charge >= 0.3 is 0 Å². The molecule has 1 aliphatic heterocycles. The van der Waals surface area contributed by atoms with Gasteiger partial charge in [-0.2, -0.15) is 0 Å². The van der Waals surface area contributed by atoms with Gasteiger partial charge in [0.2, 0.25) is 11.8 Å². The summed E-state index contributed by atoms with van der Waals surface area (Å²) >= 11 is 5.38. The van der Waals surface area contributed by atoms with E-state index >= 15 is 0 Å². The Kier molecular flexibility index (Phi) is 5.55. The van der Waals surface area contributed by atoms with E-state index in [1.165, 1.54) is 4.90 Å². The van der Waals surface area contributed by atoms with E-state index in [0.29, 0.717) is 13.2 Å². The zero-order valence-corrected chi connectivity index (χ0v) is 10.1. The molecule has 1 heterocycles. The quantitative estimate of drug-likeness (QED) is 0.712. The van der Waals surface area contributed by atoms with E-state index in [0.717, 1.165) is 12.8 Å². The standard InChI is InChI=1S/C10H17ClN2O3/c1-13(10(15)6-11)7-9(14)12-8-2-4-16-5-3-8/h8H,2-7H2,1H3,(H,12,14). The van der Waals surface area contributed by atoms with Crippen molar-refractivity contribution in [3.05, 3.63) is 0 Å². The Morgan fingerprint density at radius 1 is 1.44 bits per heavy atom. The fourth-order valence-electron chi connectivity index (χ4n) is 1.52. The van der Waals surface area contributed by atoms with Crippen molar-refractivity contribution in [3.8, 4) is 0 Å². The Labute approximate surface area is 100 Å². The average molecular weight is 249 g/mol. The predicted molar refractivity (Wildman–Crippen MR) is 60.3 cm³/mol. The number of carbonyl (C=O) groups excluding carboxylic acids is 2. The van der Waals surface area contributed by atoms with E-state index in [9.17, 15) is 9.59 Å². The first kappa shape index (κ1) is 13.3. The molecule has 0 bridgehead atoms. The lowest BCUT2D eigenvalue weighted by molar-refractivity contribution is -0.133. The van der Waals surface area contributed by atoms with Crippen molar-refractivity contribution < 1.29 is 14.3 Å². The molecule has 0 aliphatic carbocycles. The van der Waals surface area contributed by atoms with Crippen molar-refractivity contribution in [2.24, 2.45) is 0 Å². The molecule has 1 fully saturated rings. The van der Waals surface area contributed by atoms with Gasteiger partial charge in [-0.3, -0.25) is 9.59 Å². The largest absolute Gasteiger partial charge is 0.381 e. The summed E-state index contributed by atoms with van der Waals surface area (Å²) in [6.07, 6.45) is 1.66. The first-order valence-corrected chi connectivity index (χ1v) is 5.84. The molecule has 5 nitrogen and oxygen atoms in total. The molecule has 1 saturated heterocycles. The lowest BCUT2D eigenvalue weighted by Gasteiger charge is -2.24. The third-order valence-electron chi connectivity index (χ3n) is 2.51. The van der Waals surface area contributed by atoms with Gasteiger partial charge in [-0.05, 0) is 12.8 Å². The molecule has 0 unspecified atom stereocenters. The van der Waals surface area contributed by atoms with Crippen LogP contribution < -0.4 is 5.32 Å². The molecule has 92 valence electrons. The number of halogens is 1. The SMILES string of the molecule is CN(CC(=O)NC1CCOCC1)C(=O)CCl. The summed E-state index contributed by atoms with van der Waals surface area (Å²) in [4.78, 5) is 24.0. The molecule has 1 N–H and O–H groups in total. The van der Waals surface area contributed by atoms with Crippen LogP contribution in [0.4, 0.5) is 0 Å². The second-order valence-corrected chi connectivity index (χ2v) is 4.10. The maximum atomic E-state index is 11.6. The Morgan fingerprint density at radius 2 is 2.06 bits per heavy atom. The Hall–Kier alpha value is -0.810. The third kappa shape index (κ3) is 4.37. The molecule has 1 rings (SSSR count). The van der Waals surface area contributed by atoms with Gasteiger partial charge in [0.1, 0.15) is 5.88 Å². The van der Waals surface area contributed by atoms with Crippen LogP contribution in [0.5, 0.6) is 0 Å². The minimum atomic E-state index is -0.246. The van der Waals surface area contributed by atoms with Crippen LogP contribution in [0, 0.1) is 0 Å². The lowest BCUT2D eigenvalue weighted by atomic mass is 10.1. The van der Waals surface area contributed by atoms with E-state index in [4.69, 9.17) is 16.3 Å². The van der Waals surface area contributed by atoms with Gasteiger partial charge in [0.15, 0.2) is 0 Å². The van der Waals surface area contributed by atoms with Crippen LogP contribution in [0.15, 0.2) is 0 Å². The highest BCUT2D eigenvalue weighted by atomic mass is 35.5. The summed E-state index contributed by atoms with van der Waals surface area (Å²) in [6.45, 7) is 1.42. The van der Waals surface area contributed by atoms with E-state index in [1.807, 2.05) is 0 Å². The molecule has 0 aromatic rings. The van der Waals surface area contributed by atoms with Crippen molar-refractivity contribution >= 4 is 23.4 Å². The van der Waals surface area contributed by atoms with E-state index < -0.39 is 0 Å². The zero-order chi connectivity index (χ0) is 12.0. The summed E-state index contributed by atoms with van der Waals surface area (Å²) < 4.78 is 5.18. The lowest BCUT2D eigenvalue weighted by Crippen LogP contribution is -2.44. The number of carbonyl (C=O) groups is 2. The van der Waals surface area contributed by atoms with Crippen LogP contribution in [0.1, 0.15) is 12.8 Å². The maximum absolute atomic E-state index is 11.6. The molecular weight excluding hydrogens is 232 g/mol. The zero-order valence-electron chi connectivity index (χ0n) is 9.37. The normalized spacial score (nSPS) is 16.9. The average Bonchev–Trinajstić information content (AvgIpc) is 2.29. The summed E-state index contributed by atoms with van der Waals surface area (Å²) in [5.74, 6) is -0.488. The van der Waals surface area contributed by atoms with Gasteiger partial charge in [0.25, 0.3) is 0 Å². The van der Waals surface area contributed by atoms with Crippen molar-refractivity contribution in [1.82, 2.24) is 10.2 Å². The number of hydrogen-bond donors (Lipinski definition) is 1. The first-order chi connectivity index (χ1) is 7.63. The number of likely N-dealkylation sites (N-methyl/N-ethyl adjacent to an activating group) is 1. The minimum Gasteiger partial charge on any atom is -0.381 e. The summed E-state index contributed by atoms with van der Waals surface area (Å²) in [6, 6.07) is 0.167. The molecule has 0 aromatic heterocycles. The molecule has 0 atom stereocenters. The highest BCUT2D eigenvalue weighted by Gasteiger charge is 2.18. The molecule has 6 heteroatoms. The van der Waals surface area contributed by atoms with Gasteiger partial charge in [0.05, 0.1) is 6.54 Å². The summed E-state index contributed by atoms with van der Waals surface area (Å²) in [7, 11) is 1.56. The number of alkyl halides is 1. The Morgan fingerprint density at radius 3 is 2.62 bits per heavy atom. The fourth-order valence-corrected chi connectivity index (χ4v) is 1.72. The number of amides is 2. The number of rotatable bonds is 4. The Bertz CT molecular complexity index is 254. The first-order valence-electron chi connectivity index (χ1n) is 5.30. The van der Waals surface area contributed by atoms with Gasteiger partial charge in [-0.15, -0.1) is 11.6 Å². The maximum Gasteiger partial charge on any atom is 0.239 e. The number of nitrogens with one attached hydrogen (secondary N) is 1. The van der Waals surface area contributed by atoms with E-state index in [-0.39, 0.29) is 30.3 Å². The van der Waals surface area contributed by atoms with E-state index in [2.05, 4.69) is 5.32 Å². The summed E-state index contributed by atoms with van der Waals surface area (Å²) in [5.41, 5.74) is 0. The van der Waals surface area contributed by atoms with Gasteiger partial charge < -0.3 is 15.0 Å². The fraction of sp³-hybridized carbons (Fsp3) is 0.800. The highest BCUT2D eigenvalue weighted by Crippen LogP contribution is 2.05. The van der Waals surface area contributed by atoms with Crippen LogP contribution in [0.25, 0.3) is 0 Å². The molecule has 1 aliphatic rings. The predicted octanol–water partition coefficient (Wildman–Crippen LogP) is -0.0212. The highest BCUT2D eigenvalue weighted by molar-refractivity contribution is 6.27. The molecule has 0 radical (unpaired) electrons. The van der Waals surface area contributed by atoms with E-state index in [1.54, 1.807) is 7.05 Å². The third-order valence-corrected chi connectivity index (χ3v) is 2.74. The molecule has 0 spiro atoms. The minimum absolute atomic E-state index is 0.0584. The van der Waals surface area contributed by atoms with Gasteiger partial charge in [0, 0.05) is 26.3 Å². The van der Waals surface area contributed by atoms with Crippen molar-refractivity contribution in [2.45, 2.75) is 18.9 Å².